The second-order valence-electron chi connectivity index (χ2n) is 4.15. The largest absolute Gasteiger partial charge is 0.385 e. The SMILES string of the molecule is CCN(CC)C1CCNc2cccc(Br)c21. The van der Waals surface area contributed by atoms with Gasteiger partial charge in [0.2, 0.25) is 0 Å². The Bertz CT molecular complexity index is 361. The molecule has 0 radical (unpaired) electrons. The molecule has 0 amide bonds. The quantitative estimate of drug-likeness (QED) is 0.911. The highest BCUT2D eigenvalue weighted by molar-refractivity contribution is 9.10. The Morgan fingerprint density at radius 3 is 2.81 bits per heavy atom. The number of hydrogen-bond donors (Lipinski definition) is 1. The average Bonchev–Trinajstić information content (AvgIpc) is 2.31. The molecule has 1 heterocycles. The molecule has 1 atom stereocenters. The van der Waals surface area contributed by atoms with Crippen molar-refractivity contribution in [3.63, 3.8) is 0 Å². The summed E-state index contributed by atoms with van der Waals surface area (Å²) in [7, 11) is 0. The Hall–Kier alpha value is -0.540. The van der Waals surface area contributed by atoms with Crippen LogP contribution in [0.15, 0.2) is 22.7 Å². The maximum absolute atomic E-state index is 3.68. The van der Waals surface area contributed by atoms with E-state index in [-0.39, 0.29) is 0 Å². The van der Waals surface area contributed by atoms with Gasteiger partial charge in [0.05, 0.1) is 0 Å². The summed E-state index contributed by atoms with van der Waals surface area (Å²) < 4.78 is 1.23. The van der Waals surface area contributed by atoms with Crippen LogP contribution in [0.4, 0.5) is 5.69 Å². The van der Waals surface area contributed by atoms with E-state index in [1.807, 2.05) is 0 Å². The molecule has 3 heteroatoms. The van der Waals surface area contributed by atoms with Crippen LogP contribution in [-0.2, 0) is 0 Å². The molecule has 1 N–H and O–H groups in total. The molecule has 0 spiro atoms. The fourth-order valence-corrected chi connectivity index (χ4v) is 3.18. The fraction of sp³-hybridized carbons (Fsp3) is 0.538. The van der Waals surface area contributed by atoms with Crippen molar-refractivity contribution < 1.29 is 0 Å². The number of hydrogen-bond acceptors (Lipinski definition) is 2. The summed E-state index contributed by atoms with van der Waals surface area (Å²) in [4.78, 5) is 2.53. The summed E-state index contributed by atoms with van der Waals surface area (Å²) in [6.07, 6.45) is 1.19. The molecule has 1 aromatic carbocycles. The highest BCUT2D eigenvalue weighted by Crippen LogP contribution is 2.38. The molecule has 1 unspecified atom stereocenters. The summed E-state index contributed by atoms with van der Waals surface area (Å²) in [5.74, 6) is 0. The summed E-state index contributed by atoms with van der Waals surface area (Å²) >= 11 is 3.68. The summed E-state index contributed by atoms with van der Waals surface area (Å²) in [5.41, 5.74) is 2.72. The van der Waals surface area contributed by atoms with Crippen LogP contribution in [0.5, 0.6) is 0 Å². The van der Waals surface area contributed by atoms with E-state index < -0.39 is 0 Å². The lowest BCUT2D eigenvalue weighted by Gasteiger charge is -2.35. The molecule has 0 saturated carbocycles. The number of halogens is 1. The van der Waals surface area contributed by atoms with E-state index in [9.17, 15) is 0 Å². The van der Waals surface area contributed by atoms with E-state index in [1.165, 1.54) is 22.1 Å². The van der Waals surface area contributed by atoms with Gasteiger partial charge in [0.25, 0.3) is 0 Å². The van der Waals surface area contributed by atoms with Crippen LogP contribution in [-0.4, -0.2) is 24.5 Å². The lowest BCUT2D eigenvalue weighted by Crippen LogP contribution is -2.33. The van der Waals surface area contributed by atoms with E-state index in [1.54, 1.807) is 0 Å². The zero-order valence-electron chi connectivity index (χ0n) is 9.96. The minimum absolute atomic E-state index is 0.557. The van der Waals surface area contributed by atoms with Gasteiger partial charge in [0.15, 0.2) is 0 Å². The van der Waals surface area contributed by atoms with Crippen molar-refractivity contribution in [3.8, 4) is 0 Å². The average molecular weight is 283 g/mol. The molecular formula is C13H19BrN2. The number of nitrogens with one attached hydrogen (secondary N) is 1. The van der Waals surface area contributed by atoms with E-state index in [0.29, 0.717) is 6.04 Å². The summed E-state index contributed by atoms with van der Waals surface area (Å²) in [5, 5.41) is 3.48. The van der Waals surface area contributed by atoms with Gasteiger partial charge in [-0.25, -0.2) is 0 Å². The molecule has 0 bridgehead atoms. The molecule has 0 aliphatic carbocycles. The zero-order valence-corrected chi connectivity index (χ0v) is 11.5. The highest BCUT2D eigenvalue weighted by Gasteiger charge is 2.25. The predicted octanol–water partition coefficient (Wildman–Crippen LogP) is 3.65. The maximum Gasteiger partial charge on any atom is 0.0400 e. The molecule has 88 valence electrons. The molecule has 2 nitrogen and oxygen atoms in total. The van der Waals surface area contributed by atoms with Crippen molar-refractivity contribution in [2.75, 3.05) is 25.0 Å². The third-order valence-corrected chi connectivity index (χ3v) is 4.06. The third-order valence-electron chi connectivity index (χ3n) is 3.37. The summed E-state index contributed by atoms with van der Waals surface area (Å²) in [6, 6.07) is 6.97. The molecule has 16 heavy (non-hydrogen) atoms. The van der Waals surface area contributed by atoms with Crippen LogP contribution >= 0.6 is 15.9 Å². The molecular weight excluding hydrogens is 264 g/mol. The van der Waals surface area contributed by atoms with Gasteiger partial charge in [-0.1, -0.05) is 35.8 Å². The minimum Gasteiger partial charge on any atom is -0.385 e. The lowest BCUT2D eigenvalue weighted by molar-refractivity contribution is 0.208. The van der Waals surface area contributed by atoms with Gasteiger partial charge in [-0.15, -0.1) is 0 Å². The van der Waals surface area contributed by atoms with Crippen LogP contribution in [0.25, 0.3) is 0 Å². The van der Waals surface area contributed by atoms with Gasteiger partial charge in [-0.05, 0) is 31.6 Å². The van der Waals surface area contributed by atoms with Crippen molar-refractivity contribution in [3.05, 3.63) is 28.2 Å². The topological polar surface area (TPSA) is 15.3 Å². The smallest absolute Gasteiger partial charge is 0.0400 e. The molecule has 0 saturated heterocycles. The predicted molar refractivity (Wildman–Crippen MR) is 72.9 cm³/mol. The monoisotopic (exact) mass is 282 g/mol. The van der Waals surface area contributed by atoms with Crippen LogP contribution in [0, 0.1) is 0 Å². The molecule has 2 rings (SSSR count). The summed E-state index contributed by atoms with van der Waals surface area (Å²) in [6.45, 7) is 7.78. The number of benzene rings is 1. The minimum atomic E-state index is 0.557. The standard InChI is InChI=1S/C13H19BrN2/c1-3-16(4-2)12-8-9-15-11-7-5-6-10(14)13(11)12/h5-7,12,15H,3-4,8-9H2,1-2H3. The first-order valence-electron chi connectivity index (χ1n) is 6.04. The van der Waals surface area contributed by atoms with E-state index in [2.05, 4.69) is 58.2 Å². The molecule has 1 aromatic rings. The molecule has 1 aliphatic heterocycles. The highest BCUT2D eigenvalue weighted by atomic mass is 79.9. The Labute approximate surface area is 106 Å². The number of nitrogens with zero attached hydrogens (tertiary/aromatic N) is 1. The normalized spacial score (nSPS) is 19.4. The van der Waals surface area contributed by atoms with Crippen LogP contribution in [0.3, 0.4) is 0 Å². The first kappa shape index (κ1) is 11.9. The van der Waals surface area contributed by atoms with E-state index in [0.717, 1.165) is 19.6 Å². The van der Waals surface area contributed by atoms with Crippen molar-refractivity contribution in [1.29, 1.82) is 0 Å². The number of rotatable bonds is 3. The van der Waals surface area contributed by atoms with Crippen molar-refractivity contribution in [2.45, 2.75) is 26.3 Å². The zero-order chi connectivity index (χ0) is 11.5. The Balaban J connectivity index is 2.38. The van der Waals surface area contributed by atoms with Crippen LogP contribution < -0.4 is 5.32 Å². The van der Waals surface area contributed by atoms with Gasteiger partial charge in [-0.2, -0.15) is 0 Å². The van der Waals surface area contributed by atoms with Gasteiger partial charge in [-0.3, -0.25) is 4.90 Å². The lowest BCUT2D eigenvalue weighted by atomic mass is 9.96. The first-order valence-corrected chi connectivity index (χ1v) is 6.83. The van der Waals surface area contributed by atoms with Gasteiger partial charge < -0.3 is 5.32 Å². The third kappa shape index (κ3) is 2.11. The van der Waals surface area contributed by atoms with Crippen LogP contribution in [0.2, 0.25) is 0 Å². The first-order chi connectivity index (χ1) is 7.77. The van der Waals surface area contributed by atoms with Crippen molar-refractivity contribution >= 4 is 21.6 Å². The van der Waals surface area contributed by atoms with Gasteiger partial charge in [0.1, 0.15) is 0 Å². The number of fused-ring (bicyclic) bond motifs is 1. The van der Waals surface area contributed by atoms with Crippen molar-refractivity contribution in [2.24, 2.45) is 0 Å². The molecule has 1 aliphatic rings. The van der Waals surface area contributed by atoms with E-state index >= 15 is 0 Å². The molecule has 0 fully saturated rings. The second kappa shape index (κ2) is 5.19. The van der Waals surface area contributed by atoms with Gasteiger partial charge in [0, 0.05) is 28.3 Å². The van der Waals surface area contributed by atoms with Crippen molar-refractivity contribution in [1.82, 2.24) is 4.90 Å². The van der Waals surface area contributed by atoms with Crippen LogP contribution in [0.1, 0.15) is 31.9 Å². The van der Waals surface area contributed by atoms with Gasteiger partial charge >= 0.3 is 0 Å². The van der Waals surface area contributed by atoms with E-state index in [4.69, 9.17) is 0 Å². The maximum atomic E-state index is 3.68. The Morgan fingerprint density at radius 1 is 1.38 bits per heavy atom. The second-order valence-corrected chi connectivity index (χ2v) is 5.01. The number of anilines is 1. The Morgan fingerprint density at radius 2 is 2.12 bits per heavy atom. The molecule has 0 aromatic heterocycles. The Kier molecular flexibility index (Phi) is 3.87. The fourth-order valence-electron chi connectivity index (χ4n) is 2.55.